The highest BCUT2D eigenvalue weighted by Gasteiger charge is 2.19. The van der Waals surface area contributed by atoms with Crippen LogP contribution in [0.2, 0.25) is 0 Å². The minimum absolute atomic E-state index is 0.0168. The predicted molar refractivity (Wildman–Crippen MR) is 115 cm³/mol. The summed E-state index contributed by atoms with van der Waals surface area (Å²) in [6.45, 7) is 1.45. The van der Waals surface area contributed by atoms with Gasteiger partial charge in [-0.2, -0.15) is 0 Å². The van der Waals surface area contributed by atoms with Crippen molar-refractivity contribution < 1.29 is 24.6 Å². The number of carbonyl (C=O) groups is 3. The van der Waals surface area contributed by atoms with Crippen LogP contribution in [0.5, 0.6) is 0 Å². The maximum Gasteiger partial charge on any atom is 0.328 e. The number of carbonyl (C=O) groups excluding carboxylic acids is 1. The molecule has 0 fully saturated rings. The molecule has 2 aromatic carbocycles. The number of nitrogens with zero attached hydrogens (tertiary/aromatic N) is 1. The Kier molecular flexibility index (Phi) is 11.0. The van der Waals surface area contributed by atoms with E-state index in [0.29, 0.717) is 18.7 Å². The molecule has 2 aromatic rings. The van der Waals surface area contributed by atoms with Crippen LogP contribution in [-0.4, -0.2) is 60.1 Å². The molecule has 0 spiro atoms. The Balaban J connectivity index is 0.000000479. The van der Waals surface area contributed by atoms with Crippen LogP contribution >= 0.6 is 0 Å². The molecule has 4 N–H and O–H groups in total. The molecule has 8 nitrogen and oxygen atoms in total. The highest BCUT2D eigenvalue weighted by Crippen LogP contribution is 2.19. The Labute approximate surface area is 175 Å². The van der Waals surface area contributed by atoms with Crippen LogP contribution < -0.4 is 10.6 Å². The summed E-state index contributed by atoms with van der Waals surface area (Å²) in [5.41, 5.74) is 1.88. The number of anilines is 1. The number of nitrogens with one attached hydrogen (secondary N) is 2. The van der Waals surface area contributed by atoms with Crippen molar-refractivity contribution >= 4 is 23.5 Å². The summed E-state index contributed by atoms with van der Waals surface area (Å²) in [5.74, 6) is -2.53. The van der Waals surface area contributed by atoms with Crippen molar-refractivity contribution in [2.24, 2.45) is 0 Å². The minimum atomic E-state index is -1.26. The highest BCUT2D eigenvalue weighted by atomic mass is 16.4. The van der Waals surface area contributed by atoms with Crippen molar-refractivity contribution in [2.75, 3.05) is 32.5 Å². The van der Waals surface area contributed by atoms with Crippen molar-refractivity contribution in [3.8, 4) is 0 Å². The molecule has 0 saturated heterocycles. The van der Waals surface area contributed by atoms with Gasteiger partial charge in [0.15, 0.2) is 0 Å². The summed E-state index contributed by atoms with van der Waals surface area (Å²) < 4.78 is 0. The van der Waals surface area contributed by atoms with E-state index in [0.717, 1.165) is 17.8 Å². The quantitative estimate of drug-likeness (QED) is 0.466. The third-order valence-corrected chi connectivity index (χ3v) is 3.71. The van der Waals surface area contributed by atoms with Gasteiger partial charge in [0.1, 0.15) is 6.04 Å². The van der Waals surface area contributed by atoms with E-state index in [1.807, 2.05) is 79.7 Å². The number of carboxylic acid groups (broad SMARTS) is 2. The van der Waals surface area contributed by atoms with Gasteiger partial charge in [-0.1, -0.05) is 48.5 Å². The Morgan fingerprint density at radius 2 is 1.40 bits per heavy atom. The number of hydrogen-bond acceptors (Lipinski definition) is 5. The van der Waals surface area contributed by atoms with Gasteiger partial charge in [-0.25, -0.2) is 9.59 Å². The van der Waals surface area contributed by atoms with Crippen LogP contribution in [0.15, 0.2) is 72.8 Å². The molecule has 160 valence electrons. The smallest absolute Gasteiger partial charge is 0.328 e. The molecule has 0 heterocycles. The molecule has 1 amide bonds. The summed E-state index contributed by atoms with van der Waals surface area (Å²) in [4.78, 5) is 33.7. The maximum atomic E-state index is 12.5. The molecule has 0 aliphatic rings. The second kappa shape index (κ2) is 13.5. The molecule has 0 radical (unpaired) electrons. The van der Waals surface area contributed by atoms with Crippen molar-refractivity contribution in [1.82, 2.24) is 10.2 Å². The van der Waals surface area contributed by atoms with Gasteiger partial charge in [0.2, 0.25) is 5.91 Å². The highest BCUT2D eigenvalue weighted by molar-refractivity contribution is 5.89. The van der Waals surface area contributed by atoms with Crippen molar-refractivity contribution in [2.45, 2.75) is 6.04 Å². The topological polar surface area (TPSA) is 119 Å². The monoisotopic (exact) mass is 413 g/mol. The normalized spacial score (nSPS) is 11.3. The molecular weight excluding hydrogens is 386 g/mol. The molecule has 30 heavy (non-hydrogen) atoms. The van der Waals surface area contributed by atoms with Crippen LogP contribution in [0.4, 0.5) is 5.69 Å². The fourth-order valence-corrected chi connectivity index (χ4v) is 2.29. The predicted octanol–water partition coefficient (Wildman–Crippen LogP) is 2.23. The van der Waals surface area contributed by atoms with Crippen LogP contribution in [0.3, 0.4) is 0 Å². The number of aliphatic carboxylic acids is 2. The van der Waals surface area contributed by atoms with Crippen LogP contribution in [-0.2, 0) is 14.4 Å². The molecule has 8 heteroatoms. The zero-order valence-electron chi connectivity index (χ0n) is 17.0. The zero-order chi connectivity index (χ0) is 22.4. The first kappa shape index (κ1) is 24.4. The number of rotatable bonds is 9. The minimum Gasteiger partial charge on any atom is -0.478 e. The van der Waals surface area contributed by atoms with Gasteiger partial charge >= 0.3 is 11.9 Å². The molecule has 1 unspecified atom stereocenters. The molecule has 0 saturated carbocycles. The molecule has 1 atom stereocenters. The summed E-state index contributed by atoms with van der Waals surface area (Å²) in [6.07, 6.45) is 1.12. The van der Waals surface area contributed by atoms with E-state index in [-0.39, 0.29) is 5.91 Å². The Morgan fingerprint density at radius 3 is 1.87 bits per heavy atom. The molecule has 0 aliphatic carbocycles. The fourth-order valence-electron chi connectivity index (χ4n) is 2.29. The lowest BCUT2D eigenvalue weighted by Crippen LogP contribution is -2.37. The first-order valence-electron chi connectivity index (χ1n) is 9.22. The van der Waals surface area contributed by atoms with E-state index < -0.39 is 18.0 Å². The van der Waals surface area contributed by atoms with Crippen LogP contribution in [0, 0.1) is 0 Å². The van der Waals surface area contributed by atoms with Crippen LogP contribution in [0.1, 0.15) is 11.6 Å². The third-order valence-electron chi connectivity index (χ3n) is 3.71. The summed E-state index contributed by atoms with van der Waals surface area (Å²) in [6, 6.07) is 19.2. The van der Waals surface area contributed by atoms with Gasteiger partial charge in [-0.05, 0) is 31.8 Å². The number of carboxylic acids is 2. The number of likely N-dealkylation sites (N-methyl/N-ethyl adjacent to an activating group) is 1. The van der Waals surface area contributed by atoms with E-state index in [4.69, 9.17) is 10.2 Å². The zero-order valence-corrected chi connectivity index (χ0v) is 17.0. The number of amides is 1. The second-order valence-electron chi connectivity index (χ2n) is 6.46. The summed E-state index contributed by atoms with van der Waals surface area (Å²) >= 11 is 0. The van der Waals surface area contributed by atoms with E-state index in [2.05, 4.69) is 10.6 Å². The van der Waals surface area contributed by atoms with E-state index in [1.54, 1.807) is 0 Å². The fraction of sp³-hybridized carbons (Fsp3) is 0.227. The molecule has 0 aromatic heterocycles. The second-order valence-corrected chi connectivity index (χ2v) is 6.46. The summed E-state index contributed by atoms with van der Waals surface area (Å²) in [7, 11) is 3.98. The van der Waals surface area contributed by atoms with Crippen molar-refractivity contribution in [1.29, 1.82) is 0 Å². The molecule has 0 aliphatic heterocycles. The molecular formula is C22H27N3O5. The Hall–Kier alpha value is -3.65. The van der Waals surface area contributed by atoms with Gasteiger partial charge in [-0.15, -0.1) is 0 Å². The van der Waals surface area contributed by atoms with E-state index in [1.165, 1.54) is 0 Å². The van der Waals surface area contributed by atoms with Crippen molar-refractivity contribution in [3.63, 3.8) is 0 Å². The first-order valence-corrected chi connectivity index (χ1v) is 9.22. The summed E-state index contributed by atoms with van der Waals surface area (Å²) in [5, 5.41) is 21.9. The number of para-hydroxylation sites is 1. The van der Waals surface area contributed by atoms with Crippen LogP contribution in [0.25, 0.3) is 0 Å². The standard InChI is InChI=1S/C18H23N3O.C4H4O4/c1-21(2)14-13-19-18(22)17(15-9-5-3-6-10-15)20-16-11-7-4-8-12-16;5-3(6)1-2-4(7)8/h3-12,17,20H,13-14H2,1-2H3,(H,19,22);1-2H,(H,5,6)(H,7,8)/b;2-1-. The average Bonchev–Trinajstić information content (AvgIpc) is 2.72. The number of hydrogen-bond donors (Lipinski definition) is 4. The van der Waals surface area contributed by atoms with Gasteiger partial charge in [-0.3, -0.25) is 4.79 Å². The molecule has 0 bridgehead atoms. The first-order chi connectivity index (χ1) is 14.3. The van der Waals surface area contributed by atoms with E-state index >= 15 is 0 Å². The third kappa shape index (κ3) is 10.6. The largest absolute Gasteiger partial charge is 0.478 e. The van der Waals surface area contributed by atoms with E-state index in [9.17, 15) is 14.4 Å². The van der Waals surface area contributed by atoms with Gasteiger partial charge in [0.25, 0.3) is 0 Å². The maximum absolute atomic E-state index is 12.5. The van der Waals surface area contributed by atoms with Gasteiger partial charge in [0.05, 0.1) is 0 Å². The van der Waals surface area contributed by atoms with Crippen molar-refractivity contribution in [3.05, 3.63) is 78.4 Å². The lowest BCUT2D eigenvalue weighted by atomic mass is 10.1. The SMILES string of the molecule is CN(C)CCNC(=O)C(Nc1ccccc1)c1ccccc1.O=C(O)/C=C\C(=O)O. The lowest BCUT2D eigenvalue weighted by molar-refractivity contribution is -0.134. The lowest BCUT2D eigenvalue weighted by Gasteiger charge is -2.20. The Morgan fingerprint density at radius 1 is 0.900 bits per heavy atom. The van der Waals surface area contributed by atoms with Gasteiger partial charge in [0, 0.05) is 30.9 Å². The Bertz CT molecular complexity index is 807. The van der Waals surface area contributed by atoms with Gasteiger partial charge < -0.3 is 25.7 Å². The molecule has 2 rings (SSSR count). The average molecular weight is 413 g/mol. The number of benzene rings is 2.